The van der Waals surface area contributed by atoms with Crippen LogP contribution in [0, 0.1) is 0 Å². The van der Waals surface area contributed by atoms with E-state index in [1.807, 2.05) is 6.92 Å². The lowest BCUT2D eigenvalue weighted by molar-refractivity contribution is -0.0240. The second kappa shape index (κ2) is 8.86. The predicted molar refractivity (Wildman–Crippen MR) is 68.2 cm³/mol. The first-order valence-corrected chi connectivity index (χ1v) is 6.74. The quantitative estimate of drug-likeness (QED) is 0.677. The number of aliphatic hydroxyl groups excluding tert-OH is 1. The maximum atomic E-state index is 9.77. The van der Waals surface area contributed by atoms with Gasteiger partial charge in [0.05, 0.1) is 25.4 Å². The van der Waals surface area contributed by atoms with E-state index in [0.717, 1.165) is 12.8 Å². The SMILES string of the molecule is COCC(C)NCC(O)COC1CCCCC1. The molecular formula is C13H27NO3. The van der Waals surface area contributed by atoms with Crippen molar-refractivity contribution >= 4 is 0 Å². The first-order chi connectivity index (χ1) is 8.22. The number of hydrogen-bond donors (Lipinski definition) is 2. The summed E-state index contributed by atoms with van der Waals surface area (Å²) in [6.45, 7) is 3.71. The van der Waals surface area contributed by atoms with Gasteiger partial charge in [0.25, 0.3) is 0 Å². The van der Waals surface area contributed by atoms with Crippen LogP contribution >= 0.6 is 0 Å². The lowest BCUT2D eigenvalue weighted by Crippen LogP contribution is -2.38. The molecule has 2 unspecified atom stereocenters. The average molecular weight is 245 g/mol. The highest BCUT2D eigenvalue weighted by atomic mass is 16.5. The van der Waals surface area contributed by atoms with E-state index >= 15 is 0 Å². The third-order valence-corrected chi connectivity index (χ3v) is 3.20. The van der Waals surface area contributed by atoms with Gasteiger partial charge < -0.3 is 19.9 Å². The summed E-state index contributed by atoms with van der Waals surface area (Å²) in [6.07, 6.45) is 6.12. The molecule has 0 aliphatic heterocycles. The number of nitrogens with one attached hydrogen (secondary N) is 1. The Morgan fingerprint density at radius 2 is 1.94 bits per heavy atom. The maximum absolute atomic E-state index is 9.77. The summed E-state index contributed by atoms with van der Waals surface area (Å²) < 4.78 is 10.7. The Labute approximate surface area is 105 Å². The third kappa shape index (κ3) is 6.99. The van der Waals surface area contributed by atoms with Gasteiger partial charge in [-0.05, 0) is 19.8 Å². The fourth-order valence-electron chi connectivity index (χ4n) is 2.18. The Balaban J connectivity index is 2.01. The number of hydrogen-bond acceptors (Lipinski definition) is 4. The van der Waals surface area contributed by atoms with E-state index < -0.39 is 6.10 Å². The summed E-state index contributed by atoms with van der Waals surface area (Å²) in [6, 6.07) is 0.268. The minimum atomic E-state index is -0.420. The van der Waals surface area contributed by atoms with Gasteiger partial charge in [-0.1, -0.05) is 19.3 Å². The fourth-order valence-corrected chi connectivity index (χ4v) is 2.18. The van der Waals surface area contributed by atoms with Crippen LogP contribution in [-0.2, 0) is 9.47 Å². The van der Waals surface area contributed by atoms with Crippen molar-refractivity contribution in [2.45, 2.75) is 57.3 Å². The van der Waals surface area contributed by atoms with Crippen molar-refractivity contribution in [2.24, 2.45) is 0 Å². The van der Waals surface area contributed by atoms with Crippen LogP contribution in [0.1, 0.15) is 39.0 Å². The number of aliphatic hydroxyl groups is 1. The lowest BCUT2D eigenvalue weighted by Gasteiger charge is -2.24. The average Bonchev–Trinajstić information content (AvgIpc) is 2.35. The highest BCUT2D eigenvalue weighted by Gasteiger charge is 2.15. The summed E-state index contributed by atoms with van der Waals surface area (Å²) in [5, 5.41) is 13.0. The van der Waals surface area contributed by atoms with E-state index in [1.165, 1.54) is 19.3 Å². The number of ether oxygens (including phenoxy) is 2. The highest BCUT2D eigenvalue weighted by Crippen LogP contribution is 2.20. The van der Waals surface area contributed by atoms with E-state index in [0.29, 0.717) is 25.9 Å². The molecule has 0 aromatic rings. The van der Waals surface area contributed by atoms with Crippen molar-refractivity contribution in [1.82, 2.24) is 5.32 Å². The van der Waals surface area contributed by atoms with Gasteiger partial charge in [0, 0.05) is 19.7 Å². The van der Waals surface area contributed by atoms with Crippen molar-refractivity contribution in [3.8, 4) is 0 Å². The van der Waals surface area contributed by atoms with Crippen molar-refractivity contribution in [2.75, 3.05) is 26.9 Å². The summed E-state index contributed by atoms with van der Waals surface area (Å²) in [5.41, 5.74) is 0. The third-order valence-electron chi connectivity index (χ3n) is 3.20. The second-order valence-corrected chi connectivity index (χ2v) is 5.01. The van der Waals surface area contributed by atoms with Crippen LogP contribution in [0.2, 0.25) is 0 Å². The minimum Gasteiger partial charge on any atom is -0.389 e. The highest BCUT2D eigenvalue weighted by molar-refractivity contribution is 4.68. The van der Waals surface area contributed by atoms with Crippen LogP contribution in [0.3, 0.4) is 0 Å². The Kier molecular flexibility index (Phi) is 7.77. The molecule has 1 saturated carbocycles. The molecule has 1 rings (SSSR count). The molecule has 2 atom stereocenters. The molecule has 0 heterocycles. The molecule has 4 heteroatoms. The molecule has 0 saturated heterocycles. The van der Waals surface area contributed by atoms with Gasteiger partial charge in [-0.15, -0.1) is 0 Å². The summed E-state index contributed by atoms with van der Waals surface area (Å²) in [7, 11) is 1.68. The van der Waals surface area contributed by atoms with Gasteiger partial charge in [-0.25, -0.2) is 0 Å². The molecule has 4 nitrogen and oxygen atoms in total. The second-order valence-electron chi connectivity index (χ2n) is 5.01. The van der Waals surface area contributed by atoms with Crippen LogP contribution in [0.25, 0.3) is 0 Å². The standard InChI is InChI=1S/C13H27NO3/c1-11(9-16-2)14-8-12(15)10-17-13-6-4-3-5-7-13/h11-15H,3-10H2,1-2H3. The van der Waals surface area contributed by atoms with Crippen LogP contribution in [-0.4, -0.2) is 50.2 Å². The van der Waals surface area contributed by atoms with Gasteiger partial charge in [-0.2, -0.15) is 0 Å². The first-order valence-electron chi connectivity index (χ1n) is 6.74. The molecule has 17 heavy (non-hydrogen) atoms. The molecule has 1 aliphatic rings. The van der Waals surface area contributed by atoms with Crippen molar-refractivity contribution < 1.29 is 14.6 Å². The number of methoxy groups -OCH3 is 1. The molecule has 0 bridgehead atoms. The van der Waals surface area contributed by atoms with Gasteiger partial charge in [0.1, 0.15) is 0 Å². The predicted octanol–water partition coefficient (Wildman–Crippen LogP) is 1.32. The Bertz CT molecular complexity index is 184. The zero-order valence-corrected chi connectivity index (χ0v) is 11.2. The van der Waals surface area contributed by atoms with Crippen LogP contribution in [0.15, 0.2) is 0 Å². The Hall–Kier alpha value is -0.160. The fraction of sp³-hybridized carbons (Fsp3) is 1.00. The van der Waals surface area contributed by atoms with E-state index in [1.54, 1.807) is 7.11 Å². The Morgan fingerprint density at radius 1 is 1.24 bits per heavy atom. The molecule has 0 aromatic carbocycles. The zero-order valence-electron chi connectivity index (χ0n) is 11.2. The minimum absolute atomic E-state index is 0.268. The zero-order chi connectivity index (χ0) is 12.5. The summed E-state index contributed by atoms with van der Waals surface area (Å²) in [4.78, 5) is 0. The molecule has 0 spiro atoms. The van der Waals surface area contributed by atoms with Gasteiger partial charge in [0.2, 0.25) is 0 Å². The summed E-state index contributed by atoms with van der Waals surface area (Å²) >= 11 is 0. The molecule has 1 fully saturated rings. The van der Waals surface area contributed by atoms with E-state index in [-0.39, 0.29) is 6.04 Å². The normalized spacial score (nSPS) is 21.4. The van der Waals surface area contributed by atoms with Crippen LogP contribution in [0.4, 0.5) is 0 Å². The monoisotopic (exact) mass is 245 g/mol. The van der Waals surface area contributed by atoms with E-state index in [4.69, 9.17) is 9.47 Å². The molecule has 102 valence electrons. The molecule has 2 N–H and O–H groups in total. The van der Waals surface area contributed by atoms with Crippen LogP contribution in [0.5, 0.6) is 0 Å². The van der Waals surface area contributed by atoms with Crippen molar-refractivity contribution in [3.63, 3.8) is 0 Å². The molecule has 0 aromatic heterocycles. The van der Waals surface area contributed by atoms with Gasteiger partial charge in [-0.3, -0.25) is 0 Å². The Morgan fingerprint density at radius 3 is 2.59 bits per heavy atom. The van der Waals surface area contributed by atoms with E-state index in [2.05, 4.69) is 5.32 Å². The van der Waals surface area contributed by atoms with Gasteiger partial charge >= 0.3 is 0 Å². The number of rotatable bonds is 8. The van der Waals surface area contributed by atoms with Gasteiger partial charge in [0.15, 0.2) is 0 Å². The lowest BCUT2D eigenvalue weighted by atomic mass is 9.98. The molecule has 0 radical (unpaired) electrons. The van der Waals surface area contributed by atoms with Crippen molar-refractivity contribution in [1.29, 1.82) is 0 Å². The smallest absolute Gasteiger partial charge is 0.0897 e. The maximum Gasteiger partial charge on any atom is 0.0897 e. The van der Waals surface area contributed by atoms with Crippen LogP contribution < -0.4 is 5.32 Å². The van der Waals surface area contributed by atoms with Crippen molar-refractivity contribution in [3.05, 3.63) is 0 Å². The molecular weight excluding hydrogens is 218 g/mol. The first kappa shape index (κ1) is 14.9. The topological polar surface area (TPSA) is 50.7 Å². The van der Waals surface area contributed by atoms with E-state index in [9.17, 15) is 5.11 Å². The largest absolute Gasteiger partial charge is 0.389 e. The summed E-state index contributed by atoms with van der Waals surface area (Å²) in [5.74, 6) is 0. The molecule has 0 amide bonds. The molecule has 1 aliphatic carbocycles.